The maximum atomic E-state index is 12.0. The molecular weight excluding hydrogens is 326 g/mol. The summed E-state index contributed by atoms with van der Waals surface area (Å²) in [7, 11) is 0. The Morgan fingerprint density at radius 3 is 1.73 bits per heavy atom. The van der Waals surface area contributed by atoms with Gasteiger partial charge in [-0.3, -0.25) is 4.79 Å². The summed E-state index contributed by atoms with van der Waals surface area (Å²) in [5, 5.41) is 27.5. The molecule has 0 atom stereocenters. The van der Waals surface area contributed by atoms with Crippen LogP contribution < -0.4 is 11.3 Å². The van der Waals surface area contributed by atoms with Crippen LogP contribution >= 0.6 is 0 Å². The highest BCUT2D eigenvalue weighted by atomic mass is 16.1. The number of nitrogen functional groups attached to an aromatic ring is 1. The molecule has 0 aliphatic carbocycles. The number of hydrogen-bond acceptors (Lipinski definition) is 5. The lowest BCUT2D eigenvalue weighted by Gasteiger charge is -2.10. The van der Waals surface area contributed by atoms with E-state index in [0.717, 1.165) is 11.1 Å². The summed E-state index contributed by atoms with van der Waals surface area (Å²) < 4.78 is 0. The van der Waals surface area contributed by atoms with Gasteiger partial charge in [-0.15, -0.1) is 0 Å². The lowest BCUT2D eigenvalue weighted by atomic mass is 9.94. The molecule has 0 amide bonds. The summed E-state index contributed by atoms with van der Waals surface area (Å²) in [4.78, 5) is 14.3. The van der Waals surface area contributed by atoms with Crippen LogP contribution in [-0.2, 0) is 0 Å². The molecule has 2 aromatic carbocycles. The molecule has 1 heterocycles. The largest absolute Gasteiger partial charge is 0.384 e. The third-order valence-corrected chi connectivity index (χ3v) is 3.99. The fourth-order valence-corrected chi connectivity index (χ4v) is 2.70. The molecule has 0 fully saturated rings. The van der Waals surface area contributed by atoms with E-state index in [1.54, 1.807) is 24.3 Å². The molecular formula is C20H11N5O. The average Bonchev–Trinajstić information content (AvgIpc) is 2.68. The normalized spacial score (nSPS) is 9.73. The maximum Gasteiger partial charge on any atom is 0.268 e. The Morgan fingerprint density at radius 2 is 1.23 bits per heavy atom. The third-order valence-electron chi connectivity index (χ3n) is 3.99. The zero-order chi connectivity index (χ0) is 18.7. The first-order chi connectivity index (χ1) is 12.6. The Morgan fingerprint density at radius 1 is 0.731 bits per heavy atom. The second-order valence-corrected chi connectivity index (χ2v) is 5.48. The van der Waals surface area contributed by atoms with E-state index in [9.17, 15) is 15.3 Å². The van der Waals surface area contributed by atoms with Crippen LogP contribution in [0.4, 0.5) is 5.82 Å². The summed E-state index contributed by atoms with van der Waals surface area (Å²) in [6, 6.07) is 20.1. The Hall–Kier alpha value is -4.34. The van der Waals surface area contributed by atoms with E-state index in [1.807, 2.05) is 36.4 Å². The summed E-state index contributed by atoms with van der Waals surface area (Å²) in [5.41, 5.74) is 8.17. The molecule has 3 N–H and O–H groups in total. The predicted molar refractivity (Wildman–Crippen MR) is 96.5 cm³/mol. The van der Waals surface area contributed by atoms with Crippen molar-refractivity contribution in [2.45, 2.75) is 0 Å². The zero-order valence-electron chi connectivity index (χ0n) is 13.4. The van der Waals surface area contributed by atoms with Crippen molar-refractivity contribution in [3.8, 4) is 40.5 Å². The molecule has 3 rings (SSSR count). The summed E-state index contributed by atoms with van der Waals surface area (Å²) in [5.74, 6) is -0.0670. The van der Waals surface area contributed by atoms with Gasteiger partial charge in [-0.25, -0.2) is 0 Å². The second-order valence-electron chi connectivity index (χ2n) is 5.48. The molecule has 122 valence electrons. The van der Waals surface area contributed by atoms with Gasteiger partial charge in [-0.1, -0.05) is 36.4 Å². The van der Waals surface area contributed by atoms with Crippen molar-refractivity contribution in [2.24, 2.45) is 0 Å². The minimum atomic E-state index is -0.629. The molecule has 0 bridgehead atoms. The van der Waals surface area contributed by atoms with E-state index in [1.165, 1.54) is 0 Å². The van der Waals surface area contributed by atoms with Gasteiger partial charge in [0.1, 0.15) is 29.1 Å². The highest BCUT2D eigenvalue weighted by Crippen LogP contribution is 2.30. The number of nitrogens with two attached hydrogens (primary N) is 1. The molecule has 0 radical (unpaired) electrons. The number of nitrogens with zero attached hydrogens (tertiary/aromatic N) is 3. The molecule has 0 spiro atoms. The SMILES string of the molecule is N#Cc1ccc(-c2ccc(-c3c(C#N)c(N)[nH]c(=O)c3C#N)cc2)cc1. The van der Waals surface area contributed by atoms with Crippen LogP contribution in [0.25, 0.3) is 22.3 Å². The van der Waals surface area contributed by atoms with Crippen molar-refractivity contribution < 1.29 is 0 Å². The topological polar surface area (TPSA) is 130 Å². The van der Waals surface area contributed by atoms with Crippen LogP contribution in [0, 0.1) is 34.0 Å². The van der Waals surface area contributed by atoms with E-state index in [-0.39, 0.29) is 22.5 Å². The van der Waals surface area contributed by atoms with Crippen LogP contribution in [0.5, 0.6) is 0 Å². The highest BCUT2D eigenvalue weighted by molar-refractivity contribution is 5.81. The molecule has 3 aromatic rings. The van der Waals surface area contributed by atoms with Gasteiger partial charge in [-0.2, -0.15) is 15.8 Å². The van der Waals surface area contributed by atoms with Crippen LogP contribution in [0.2, 0.25) is 0 Å². The van der Waals surface area contributed by atoms with Crippen molar-refractivity contribution in [1.82, 2.24) is 4.98 Å². The molecule has 0 aliphatic rings. The number of aromatic amines is 1. The zero-order valence-corrected chi connectivity index (χ0v) is 13.4. The molecule has 0 saturated carbocycles. The highest BCUT2D eigenvalue weighted by Gasteiger charge is 2.18. The smallest absolute Gasteiger partial charge is 0.268 e. The number of pyridine rings is 1. The van der Waals surface area contributed by atoms with E-state index < -0.39 is 5.56 Å². The molecule has 0 aliphatic heterocycles. The number of nitrogens with one attached hydrogen (secondary N) is 1. The number of nitriles is 3. The molecule has 1 aromatic heterocycles. The first kappa shape index (κ1) is 16.5. The van der Waals surface area contributed by atoms with Crippen molar-refractivity contribution >= 4 is 5.82 Å². The van der Waals surface area contributed by atoms with Gasteiger partial charge >= 0.3 is 0 Å². The molecule has 26 heavy (non-hydrogen) atoms. The van der Waals surface area contributed by atoms with Crippen LogP contribution in [-0.4, -0.2) is 4.98 Å². The number of hydrogen-bond donors (Lipinski definition) is 2. The van der Waals surface area contributed by atoms with E-state index in [0.29, 0.717) is 11.1 Å². The van der Waals surface area contributed by atoms with Gasteiger partial charge in [0.05, 0.1) is 11.6 Å². The van der Waals surface area contributed by atoms with Crippen molar-refractivity contribution in [2.75, 3.05) is 5.73 Å². The Labute approximate surface area is 149 Å². The number of anilines is 1. The van der Waals surface area contributed by atoms with Crippen molar-refractivity contribution in [1.29, 1.82) is 15.8 Å². The van der Waals surface area contributed by atoms with E-state index in [4.69, 9.17) is 11.0 Å². The van der Waals surface area contributed by atoms with Gasteiger partial charge in [-0.05, 0) is 28.8 Å². The fourth-order valence-electron chi connectivity index (χ4n) is 2.70. The van der Waals surface area contributed by atoms with Crippen LogP contribution in [0.3, 0.4) is 0 Å². The molecule has 6 heteroatoms. The monoisotopic (exact) mass is 337 g/mol. The minimum absolute atomic E-state index is 0.0623. The van der Waals surface area contributed by atoms with Crippen molar-refractivity contribution in [3.63, 3.8) is 0 Å². The average molecular weight is 337 g/mol. The standard InChI is InChI=1S/C20H11N5O/c21-9-12-1-3-13(4-2-12)14-5-7-15(8-6-14)18-16(10-22)19(24)25-20(26)17(18)11-23/h1-8H,(H3,24,25,26). The molecule has 0 unspecified atom stereocenters. The first-order valence-electron chi connectivity index (χ1n) is 7.56. The lowest BCUT2D eigenvalue weighted by molar-refractivity contribution is 1.21. The molecule has 0 saturated heterocycles. The second kappa shape index (κ2) is 6.65. The van der Waals surface area contributed by atoms with Crippen molar-refractivity contribution in [3.05, 3.63) is 75.6 Å². The maximum absolute atomic E-state index is 12.0. The quantitative estimate of drug-likeness (QED) is 0.742. The molecule has 6 nitrogen and oxygen atoms in total. The van der Waals surface area contributed by atoms with Gasteiger partial charge in [0.25, 0.3) is 5.56 Å². The number of benzene rings is 2. The predicted octanol–water partition coefficient (Wildman–Crippen LogP) is 2.91. The van der Waals surface area contributed by atoms with E-state index >= 15 is 0 Å². The Balaban J connectivity index is 2.13. The van der Waals surface area contributed by atoms with E-state index in [2.05, 4.69) is 11.1 Å². The van der Waals surface area contributed by atoms with Gasteiger partial charge < -0.3 is 10.7 Å². The summed E-state index contributed by atoms with van der Waals surface area (Å²) >= 11 is 0. The minimum Gasteiger partial charge on any atom is -0.384 e. The summed E-state index contributed by atoms with van der Waals surface area (Å²) in [6.45, 7) is 0. The van der Waals surface area contributed by atoms with Crippen LogP contribution in [0.15, 0.2) is 53.3 Å². The number of rotatable bonds is 2. The van der Waals surface area contributed by atoms with Gasteiger partial charge in [0.2, 0.25) is 0 Å². The van der Waals surface area contributed by atoms with Gasteiger partial charge in [0.15, 0.2) is 0 Å². The fraction of sp³-hybridized carbons (Fsp3) is 0. The Kier molecular flexibility index (Phi) is 4.22. The Bertz CT molecular complexity index is 1170. The number of H-pyrrole nitrogens is 1. The number of aromatic nitrogens is 1. The van der Waals surface area contributed by atoms with Crippen LogP contribution in [0.1, 0.15) is 16.7 Å². The summed E-state index contributed by atoms with van der Waals surface area (Å²) in [6.07, 6.45) is 0. The third kappa shape index (κ3) is 2.78. The van der Waals surface area contributed by atoms with Gasteiger partial charge in [0, 0.05) is 5.56 Å². The first-order valence-corrected chi connectivity index (χ1v) is 7.56. The lowest BCUT2D eigenvalue weighted by Crippen LogP contribution is -2.16.